The van der Waals surface area contributed by atoms with Crippen molar-refractivity contribution in [2.45, 2.75) is 4.90 Å². The van der Waals surface area contributed by atoms with Crippen molar-refractivity contribution >= 4 is 23.9 Å². The van der Waals surface area contributed by atoms with Gasteiger partial charge in [0.25, 0.3) is 0 Å². The van der Waals surface area contributed by atoms with Crippen molar-refractivity contribution < 1.29 is 9.53 Å². The van der Waals surface area contributed by atoms with Gasteiger partial charge in [-0.25, -0.2) is 4.79 Å². The molecule has 0 aliphatic heterocycles. The van der Waals surface area contributed by atoms with Crippen molar-refractivity contribution in [3.8, 4) is 0 Å². The Kier molecular flexibility index (Phi) is 6.42. The maximum absolute atomic E-state index is 11.5. The lowest BCUT2D eigenvalue weighted by molar-refractivity contribution is 0.160. The van der Waals surface area contributed by atoms with Crippen LogP contribution in [0.2, 0.25) is 0 Å². The summed E-state index contributed by atoms with van der Waals surface area (Å²) in [5.74, 6) is 0.491. The summed E-state index contributed by atoms with van der Waals surface area (Å²) in [4.78, 5) is 12.6. The highest BCUT2D eigenvalue weighted by Crippen LogP contribution is 2.14. The zero-order valence-corrected chi connectivity index (χ0v) is 12.4. The van der Waals surface area contributed by atoms with Gasteiger partial charge in [-0.3, -0.25) is 0 Å². The molecule has 0 saturated heterocycles. The van der Waals surface area contributed by atoms with Crippen molar-refractivity contribution in [1.29, 1.82) is 0 Å². The molecule has 0 spiro atoms. The molecule has 21 heavy (non-hydrogen) atoms. The van der Waals surface area contributed by atoms with Crippen LogP contribution in [0.4, 0.5) is 4.79 Å². The number of nitrogens with one attached hydrogen (secondary N) is 1. The van der Waals surface area contributed by atoms with Crippen LogP contribution in [0, 0.1) is 0 Å². The number of hydrogen-bond acceptors (Lipinski definition) is 3. The number of rotatable bonds is 6. The van der Waals surface area contributed by atoms with Gasteiger partial charge in [0.2, 0.25) is 0 Å². The van der Waals surface area contributed by atoms with Gasteiger partial charge < -0.3 is 10.1 Å². The monoisotopic (exact) mass is 299 g/mol. The lowest BCUT2D eigenvalue weighted by atomic mass is 10.2. The highest BCUT2D eigenvalue weighted by molar-refractivity contribution is 7.99. The SMILES string of the molecule is O=C(NCSc1ccccc1)OC/C=C/c1ccccc1. The van der Waals surface area contributed by atoms with E-state index in [9.17, 15) is 4.79 Å². The van der Waals surface area contributed by atoms with Crippen LogP contribution >= 0.6 is 11.8 Å². The molecule has 1 N–H and O–H groups in total. The summed E-state index contributed by atoms with van der Waals surface area (Å²) in [6.45, 7) is 0.261. The maximum atomic E-state index is 11.5. The molecular formula is C17H17NO2S. The number of alkyl carbamates (subject to hydrolysis) is 1. The third-order valence-electron chi connectivity index (χ3n) is 2.62. The number of carbonyl (C=O) groups is 1. The first-order valence-corrected chi connectivity index (χ1v) is 7.63. The minimum atomic E-state index is -0.406. The van der Waals surface area contributed by atoms with E-state index in [1.807, 2.05) is 72.8 Å². The van der Waals surface area contributed by atoms with Crippen molar-refractivity contribution in [3.05, 3.63) is 72.3 Å². The summed E-state index contributed by atoms with van der Waals surface area (Å²) < 4.78 is 5.05. The summed E-state index contributed by atoms with van der Waals surface area (Å²) >= 11 is 1.55. The van der Waals surface area contributed by atoms with E-state index in [0.29, 0.717) is 5.88 Å². The van der Waals surface area contributed by atoms with Crippen LogP contribution in [0.5, 0.6) is 0 Å². The maximum Gasteiger partial charge on any atom is 0.408 e. The summed E-state index contributed by atoms with van der Waals surface area (Å²) in [7, 11) is 0. The number of benzene rings is 2. The number of carbonyl (C=O) groups excluding carboxylic acids is 1. The van der Waals surface area contributed by atoms with E-state index >= 15 is 0 Å². The average molecular weight is 299 g/mol. The first-order valence-electron chi connectivity index (χ1n) is 6.64. The van der Waals surface area contributed by atoms with Gasteiger partial charge in [0.15, 0.2) is 0 Å². The molecule has 2 aromatic rings. The highest BCUT2D eigenvalue weighted by Gasteiger charge is 1.99. The smallest absolute Gasteiger partial charge is 0.408 e. The Hall–Kier alpha value is -2.20. The van der Waals surface area contributed by atoms with Gasteiger partial charge in [-0.2, -0.15) is 0 Å². The molecule has 0 saturated carbocycles. The van der Waals surface area contributed by atoms with Gasteiger partial charge in [-0.1, -0.05) is 54.6 Å². The Morgan fingerprint density at radius 3 is 2.43 bits per heavy atom. The van der Waals surface area contributed by atoms with E-state index in [2.05, 4.69) is 5.32 Å². The fourth-order valence-electron chi connectivity index (χ4n) is 1.62. The minimum Gasteiger partial charge on any atom is -0.445 e. The first kappa shape index (κ1) is 15.2. The summed E-state index contributed by atoms with van der Waals surface area (Å²) in [6.07, 6.45) is 3.33. The predicted octanol–water partition coefficient (Wildman–Crippen LogP) is 4.18. The molecule has 0 heterocycles. The third-order valence-corrected chi connectivity index (χ3v) is 3.51. The molecule has 0 fully saturated rings. The largest absolute Gasteiger partial charge is 0.445 e. The molecule has 0 aromatic heterocycles. The van der Waals surface area contributed by atoms with Crippen LogP contribution in [0.1, 0.15) is 5.56 Å². The summed E-state index contributed by atoms with van der Waals surface area (Å²) in [5.41, 5.74) is 1.08. The minimum absolute atomic E-state index is 0.261. The predicted molar refractivity (Wildman–Crippen MR) is 87.1 cm³/mol. The second-order valence-corrected chi connectivity index (χ2v) is 5.24. The van der Waals surface area contributed by atoms with E-state index in [4.69, 9.17) is 4.74 Å². The molecule has 1 amide bonds. The topological polar surface area (TPSA) is 38.3 Å². The van der Waals surface area contributed by atoms with Crippen LogP contribution in [0.25, 0.3) is 6.08 Å². The Morgan fingerprint density at radius 1 is 1.05 bits per heavy atom. The second kappa shape index (κ2) is 8.87. The van der Waals surface area contributed by atoms with E-state index in [-0.39, 0.29) is 6.61 Å². The Bertz CT molecular complexity index is 570. The highest BCUT2D eigenvalue weighted by atomic mass is 32.2. The van der Waals surface area contributed by atoms with Crippen molar-refractivity contribution in [2.75, 3.05) is 12.5 Å². The summed E-state index contributed by atoms with van der Waals surface area (Å²) in [6, 6.07) is 19.8. The Balaban J connectivity index is 1.61. The van der Waals surface area contributed by atoms with Gasteiger partial charge in [0.05, 0.1) is 5.88 Å². The van der Waals surface area contributed by atoms with Crippen LogP contribution in [-0.2, 0) is 4.74 Å². The summed E-state index contributed by atoms with van der Waals surface area (Å²) in [5, 5.41) is 2.70. The Morgan fingerprint density at radius 2 is 1.71 bits per heavy atom. The standard InChI is InChI=1S/C17H17NO2S/c19-17(18-14-21-16-11-5-2-6-12-16)20-13-7-10-15-8-3-1-4-9-15/h1-12H,13-14H2,(H,18,19)/b10-7+. The zero-order chi connectivity index (χ0) is 14.8. The zero-order valence-electron chi connectivity index (χ0n) is 11.6. The molecule has 0 aliphatic rings. The van der Waals surface area contributed by atoms with E-state index in [0.717, 1.165) is 10.5 Å². The van der Waals surface area contributed by atoms with E-state index in [1.54, 1.807) is 11.8 Å². The molecule has 0 atom stereocenters. The van der Waals surface area contributed by atoms with Crippen LogP contribution in [0.3, 0.4) is 0 Å². The number of amides is 1. The van der Waals surface area contributed by atoms with Crippen LogP contribution < -0.4 is 5.32 Å². The molecular weight excluding hydrogens is 282 g/mol. The van der Waals surface area contributed by atoms with Gasteiger partial charge in [-0.15, -0.1) is 11.8 Å². The van der Waals surface area contributed by atoms with Gasteiger partial charge in [-0.05, 0) is 23.8 Å². The Labute approximate surface area is 129 Å². The van der Waals surface area contributed by atoms with Gasteiger partial charge in [0.1, 0.15) is 6.61 Å². The average Bonchev–Trinajstić information content (AvgIpc) is 2.54. The quantitative estimate of drug-likeness (QED) is 0.642. The molecule has 108 valence electrons. The first-order chi connectivity index (χ1) is 10.3. The van der Waals surface area contributed by atoms with Crippen LogP contribution in [0.15, 0.2) is 71.6 Å². The number of thioether (sulfide) groups is 1. The van der Waals surface area contributed by atoms with E-state index < -0.39 is 6.09 Å². The molecule has 0 radical (unpaired) electrons. The lowest BCUT2D eigenvalue weighted by Crippen LogP contribution is -2.23. The van der Waals surface area contributed by atoms with E-state index in [1.165, 1.54) is 0 Å². The molecule has 0 aliphatic carbocycles. The van der Waals surface area contributed by atoms with Crippen molar-refractivity contribution in [1.82, 2.24) is 5.32 Å². The molecule has 2 aromatic carbocycles. The molecule has 2 rings (SSSR count). The molecule has 0 bridgehead atoms. The normalized spacial score (nSPS) is 10.5. The fraction of sp³-hybridized carbons (Fsp3) is 0.118. The van der Waals surface area contributed by atoms with Gasteiger partial charge in [0, 0.05) is 4.90 Å². The van der Waals surface area contributed by atoms with Crippen LogP contribution in [-0.4, -0.2) is 18.6 Å². The molecule has 4 heteroatoms. The molecule has 0 unspecified atom stereocenters. The number of hydrogen-bond donors (Lipinski definition) is 1. The lowest BCUT2D eigenvalue weighted by Gasteiger charge is -2.05. The molecule has 3 nitrogen and oxygen atoms in total. The van der Waals surface area contributed by atoms with Crippen molar-refractivity contribution in [3.63, 3.8) is 0 Å². The number of ether oxygens (including phenoxy) is 1. The van der Waals surface area contributed by atoms with Gasteiger partial charge >= 0.3 is 6.09 Å². The third kappa shape index (κ3) is 6.19. The van der Waals surface area contributed by atoms with Crippen molar-refractivity contribution in [2.24, 2.45) is 0 Å². The second-order valence-electron chi connectivity index (χ2n) is 4.19. The fourth-order valence-corrected chi connectivity index (χ4v) is 2.32.